The third kappa shape index (κ3) is 3.96. The third-order valence-electron chi connectivity index (χ3n) is 4.70. The monoisotopic (exact) mass is 418 g/mol. The predicted molar refractivity (Wildman–Crippen MR) is 111 cm³/mol. The number of nitrogens with one attached hydrogen (secondary N) is 1. The largest absolute Gasteiger partial charge is 0.493 e. The Hall–Kier alpha value is -2.93. The zero-order valence-corrected chi connectivity index (χ0v) is 17.7. The van der Waals surface area contributed by atoms with Gasteiger partial charge in [-0.3, -0.25) is 14.5 Å². The molecule has 1 N–H and O–H groups in total. The van der Waals surface area contributed by atoms with Crippen molar-refractivity contribution in [1.82, 2.24) is 0 Å². The normalized spacial score (nSPS) is 15.8. The van der Waals surface area contributed by atoms with E-state index < -0.39 is 11.6 Å². The van der Waals surface area contributed by atoms with Gasteiger partial charge in [-0.05, 0) is 51.1 Å². The molecular weight excluding hydrogens is 396 g/mol. The van der Waals surface area contributed by atoms with Crippen LogP contribution in [0.3, 0.4) is 0 Å². The molecule has 1 aliphatic rings. The van der Waals surface area contributed by atoms with Crippen molar-refractivity contribution in [2.45, 2.75) is 32.4 Å². The number of ether oxygens (including phenoxy) is 3. The van der Waals surface area contributed by atoms with E-state index in [1.165, 1.54) is 19.1 Å². The van der Waals surface area contributed by atoms with Gasteiger partial charge >= 0.3 is 0 Å². The van der Waals surface area contributed by atoms with Crippen LogP contribution in [0, 0.1) is 0 Å². The molecule has 3 rings (SSSR count). The standard InChI is InChI=1S/C21H23ClN2O5/c1-12(19(25)23-14-7-9-17(27-4)18(11-14)28-5)24-15-10-13(22)6-8-16(15)29-21(2,3)20(24)26/h6-12H,1-5H3,(H,23,25). The molecule has 0 aliphatic carbocycles. The summed E-state index contributed by atoms with van der Waals surface area (Å²) in [5.41, 5.74) is -0.138. The molecule has 1 aliphatic heterocycles. The molecule has 29 heavy (non-hydrogen) atoms. The number of methoxy groups -OCH3 is 2. The fourth-order valence-electron chi connectivity index (χ4n) is 3.15. The topological polar surface area (TPSA) is 77.1 Å². The first kappa shape index (κ1) is 20.8. The lowest BCUT2D eigenvalue weighted by atomic mass is 10.0. The van der Waals surface area contributed by atoms with Gasteiger partial charge in [0.05, 0.1) is 19.9 Å². The van der Waals surface area contributed by atoms with Crippen LogP contribution in [0.1, 0.15) is 20.8 Å². The smallest absolute Gasteiger partial charge is 0.271 e. The van der Waals surface area contributed by atoms with E-state index in [0.29, 0.717) is 33.6 Å². The third-order valence-corrected chi connectivity index (χ3v) is 4.93. The Morgan fingerprint density at radius 2 is 1.83 bits per heavy atom. The second kappa shape index (κ2) is 7.83. The van der Waals surface area contributed by atoms with Crippen LogP contribution < -0.4 is 24.4 Å². The van der Waals surface area contributed by atoms with E-state index in [0.717, 1.165) is 0 Å². The average Bonchev–Trinajstić information content (AvgIpc) is 2.68. The summed E-state index contributed by atoms with van der Waals surface area (Å²) in [6.07, 6.45) is 0. The Morgan fingerprint density at radius 3 is 2.48 bits per heavy atom. The quantitative estimate of drug-likeness (QED) is 0.797. The first-order chi connectivity index (χ1) is 13.7. The van der Waals surface area contributed by atoms with Crippen molar-refractivity contribution in [3.63, 3.8) is 0 Å². The lowest BCUT2D eigenvalue weighted by Gasteiger charge is -2.41. The number of anilines is 2. The molecule has 0 fully saturated rings. The number of amides is 2. The number of carbonyl (C=O) groups excluding carboxylic acids is 2. The van der Waals surface area contributed by atoms with Crippen LogP contribution in [0.4, 0.5) is 11.4 Å². The van der Waals surface area contributed by atoms with Gasteiger partial charge < -0.3 is 19.5 Å². The van der Waals surface area contributed by atoms with Crippen molar-refractivity contribution in [2.75, 3.05) is 24.4 Å². The van der Waals surface area contributed by atoms with Crippen LogP contribution >= 0.6 is 11.6 Å². The molecule has 1 unspecified atom stereocenters. The summed E-state index contributed by atoms with van der Waals surface area (Å²) >= 11 is 6.12. The molecule has 154 valence electrons. The number of benzene rings is 2. The lowest BCUT2D eigenvalue weighted by Crippen LogP contribution is -2.57. The van der Waals surface area contributed by atoms with Gasteiger partial charge in [0.25, 0.3) is 5.91 Å². The molecule has 1 heterocycles. The fraction of sp³-hybridized carbons (Fsp3) is 0.333. The Labute approximate surface area is 174 Å². The zero-order valence-electron chi connectivity index (χ0n) is 16.9. The maximum atomic E-state index is 13.0. The number of nitrogens with zero attached hydrogens (tertiary/aromatic N) is 1. The minimum atomic E-state index is -1.11. The SMILES string of the molecule is COc1ccc(NC(=O)C(C)N2C(=O)C(C)(C)Oc3ccc(Cl)cc32)cc1OC. The van der Waals surface area contributed by atoms with Crippen LogP contribution in [-0.2, 0) is 9.59 Å². The molecular formula is C21H23ClN2O5. The Balaban J connectivity index is 1.91. The van der Waals surface area contributed by atoms with Crippen molar-refractivity contribution in [3.8, 4) is 17.2 Å². The van der Waals surface area contributed by atoms with Crippen LogP contribution in [-0.4, -0.2) is 37.7 Å². The van der Waals surface area contributed by atoms with Crippen molar-refractivity contribution >= 4 is 34.8 Å². The molecule has 2 amide bonds. The molecule has 7 nitrogen and oxygen atoms in total. The van der Waals surface area contributed by atoms with Crippen LogP contribution in [0.15, 0.2) is 36.4 Å². The first-order valence-corrected chi connectivity index (χ1v) is 9.41. The summed E-state index contributed by atoms with van der Waals surface area (Å²) in [5, 5.41) is 3.26. The summed E-state index contributed by atoms with van der Waals surface area (Å²) in [5.74, 6) is 0.826. The summed E-state index contributed by atoms with van der Waals surface area (Å²) in [7, 11) is 3.05. The molecule has 0 bridgehead atoms. The number of hydrogen-bond donors (Lipinski definition) is 1. The number of hydrogen-bond acceptors (Lipinski definition) is 5. The summed E-state index contributed by atoms with van der Waals surface area (Å²) in [4.78, 5) is 27.4. The van der Waals surface area contributed by atoms with E-state index >= 15 is 0 Å². The van der Waals surface area contributed by atoms with Gasteiger partial charge in [-0.25, -0.2) is 0 Å². The van der Waals surface area contributed by atoms with Crippen LogP contribution in [0.25, 0.3) is 0 Å². The Bertz CT molecular complexity index is 960. The predicted octanol–water partition coefficient (Wildman–Crippen LogP) is 3.89. The van der Waals surface area contributed by atoms with Crippen LogP contribution in [0.5, 0.6) is 17.2 Å². The number of rotatable bonds is 5. The number of halogens is 1. The van der Waals surface area contributed by atoms with Crippen molar-refractivity contribution in [2.24, 2.45) is 0 Å². The van der Waals surface area contributed by atoms with E-state index in [1.54, 1.807) is 57.2 Å². The molecule has 8 heteroatoms. The van der Waals surface area contributed by atoms with Crippen molar-refractivity contribution < 1.29 is 23.8 Å². The molecule has 0 saturated heterocycles. The summed E-state index contributed by atoms with van der Waals surface area (Å²) < 4.78 is 16.3. The van der Waals surface area contributed by atoms with E-state index in [1.807, 2.05) is 0 Å². The Morgan fingerprint density at radius 1 is 1.14 bits per heavy atom. The zero-order chi connectivity index (χ0) is 21.3. The van der Waals surface area contributed by atoms with Gasteiger partial charge in [-0.15, -0.1) is 0 Å². The van der Waals surface area contributed by atoms with Gasteiger partial charge in [0.15, 0.2) is 17.1 Å². The van der Waals surface area contributed by atoms with Crippen molar-refractivity contribution in [1.29, 1.82) is 0 Å². The second-order valence-electron chi connectivity index (χ2n) is 7.13. The van der Waals surface area contributed by atoms with Gasteiger partial charge in [-0.2, -0.15) is 0 Å². The minimum Gasteiger partial charge on any atom is -0.493 e. The molecule has 0 saturated carbocycles. The highest BCUT2D eigenvalue weighted by Crippen LogP contribution is 2.40. The maximum Gasteiger partial charge on any atom is 0.271 e. The van der Waals surface area contributed by atoms with E-state index in [-0.39, 0.29) is 11.8 Å². The first-order valence-electron chi connectivity index (χ1n) is 9.03. The highest BCUT2D eigenvalue weighted by atomic mass is 35.5. The molecule has 2 aromatic rings. The van der Waals surface area contributed by atoms with Crippen LogP contribution in [0.2, 0.25) is 5.02 Å². The van der Waals surface area contributed by atoms with Gasteiger partial charge in [0.2, 0.25) is 5.91 Å². The second-order valence-corrected chi connectivity index (χ2v) is 7.57. The average molecular weight is 419 g/mol. The summed E-state index contributed by atoms with van der Waals surface area (Å²) in [6.45, 7) is 4.98. The fourth-order valence-corrected chi connectivity index (χ4v) is 3.31. The maximum absolute atomic E-state index is 13.0. The lowest BCUT2D eigenvalue weighted by molar-refractivity contribution is -0.134. The molecule has 1 atom stereocenters. The molecule has 0 spiro atoms. The summed E-state index contributed by atoms with van der Waals surface area (Å²) in [6, 6.07) is 9.22. The van der Waals surface area contributed by atoms with E-state index in [9.17, 15) is 9.59 Å². The van der Waals surface area contributed by atoms with E-state index in [2.05, 4.69) is 5.32 Å². The highest BCUT2D eigenvalue weighted by Gasteiger charge is 2.44. The minimum absolute atomic E-state index is 0.331. The highest BCUT2D eigenvalue weighted by molar-refractivity contribution is 6.31. The van der Waals surface area contributed by atoms with Crippen molar-refractivity contribution in [3.05, 3.63) is 41.4 Å². The molecule has 0 radical (unpaired) electrons. The van der Waals surface area contributed by atoms with Gasteiger partial charge in [0, 0.05) is 16.8 Å². The molecule has 0 aromatic heterocycles. The Kier molecular flexibility index (Phi) is 5.61. The molecule has 2 aromatic carbocycles. The number of fused-ring (bicyclic) bond motifs is 1. The van der Waals surface area contributed by atoms with Gasteiger partial charge in [-0.1, -0.05) is 11.6 Å². The van der Waals surface area contributed by atoms with E-state index in [4.69, 9.17) is 25.8 Å². The van der Waals surface area contributed by atoms with Gasteiger partial charge in [0.1, 0.15) is 11.8 Å². The number of carbonyl (C=O) groups is 2.